The highest BCUT2D eigenvalue weighted by molar-refractivity contribution is 5.47. The smallest absolute Gasteiger partial charge is 0.396 e. The number of aromatic nitrogens is 3. The minimum Gasteiger partial charge on any atom is -0.396 e. The molecule has 0 fully saturated rings. The summed E-state index contributed by atoms with van der Waals surface area (Å²) in [6, 6.07) is 1.55. The van der Waals surface area contributed by atoms with Gasteiger partial charge in [-0.05, 0) is 18.6 Å². The molecule has 2 aromatic heterocycles. The Hall–Kier alpha value is -2.05. The summed E-state index contributed by atoms with van der Waals surface area (Å²) in [4.78, 5) is 3.82. The molecule has 0 aliphatic carbocycles. The fourth-order valence-electron chi connectivity index (χ4n) is 1.50. The summed E-state index contributed by atoms with van der Waals surface area (Å²) in [6.45, 7) is 1.73. The molecule has 0 bridgehead atoms. The van der Waals surface area contributed by atoms with Gasteiger partial charge in [0.1, 0.15) is 0 Å². The third-order valence-electron chi connectivity index (χ3n) is 2.17. The average Bonchev–Trinajstić information content (AvgIpc) is 2.59. The van der Waals surface area contributed by atoms with Gasteiger partial charge in [0.25, 0.3) is 0 Å². The summed E-state index contributed by atoms with van der Waals surface area (Å²) in [7, 11) is 0. The number of alkyl halides is 3. The van der Waals surface area contributed by atoms with Crippen molar-refractivity contribution >= 4 is 5.69 Å². The second kappa shape index (κ2) is 3.76. The van der Waals surface area contributed by atoms with Crippen LogP contribution in [0.5, 0.6) is 0 Å². The number of nitrogens with two attached hydrogens (primary N) is 1. The highest BCUT2D eigenvalue weighted by Gasteiger charge is 2.38. The van der Waals surface area contributed by atoms with Crippen LogP contribution in [0.1, 0.15) is 11.3 Å². The zero-order valence-corrected chi connectivity index (χ0v) is 8.86. The first-order valence-corrected chi connectivity index (χ1v) is 4.72. The minimum atomic E-state index is -4.55. The summed E-state index contributed by atoms with van der Waals surface area (Å²) >= 11 is 0. The third kappa shape index (κ3) is 2.08. The van der Waals surface area contributed by atoms with Gasteiger partial charge in [-0.15, -0.1) is 0 Å². The Kier molecular flexibility index (Phi) is 2.53. The maximum absolute atomic E-state index is 12.8. The number of nitrogens with zero attached hydrogens (tertiary/aromatic N) is 3. The lowest BCUT2D eigenvalue weighted by atomic mass is 10.3. The van der Waals surface area contributed by atoms with Crippen LogP contribution in [0.4, 0.5) is 18.9 Å². The predicted molar refractivity (Wildman–Crippen MR) is 55.5 cm³/mol. The van der Waals surface area contributed by atoms with Gasteiger partial charge in [0.2, 0.25) is 0 Å². The molecule has 0 aliphatic heterocycles. The van der Waals surface area contributed by atoms with Crippen molar-refractivity contribution < 1.29 is 13.2 Å². The molecule has 0 aromatic carbocycles. The van der Waals surface area contributed by atoms with Gasteiger partial charge in [-0.1, -0.05) is 0 Å². The molecule has 2 aromatic rings. The Labute approximate surface area is 94.9 Å². The Bertz CT molecular complexity index is 545. The lowest BCUT2D eigenvalue weighted by Gasteiger charge is -2.11. The zero-order valence-electron chi connectivity index (χ0n) is 8.86. The normalized spacial score (nSPS) is 11.8. The fourth-order valence-corrected chi connectivity index (χ4v) is 1.50. The molecule has 0 spiro atoms. The van der Waals surface area contributed by atoms with Crippen molar-refractivity contribution in [2.45, 2.75) is 13.1 Å². The Morgan fingerprint density at radius 2 is 1.94 bits per heavy atom. The second-order valence-electron chi connectivity index (χ2n) is 3.58. The summed E-state index contributed by atoms with van der Waals surface area (Å²) in [5.74, 6) is 0. The second-order valence-corrected chi connectivity index (χ2v) is 3.58. The quantitative estimate of drug-likeness (QED) is 0.833. The summed E-state index contributed by atoms with van der Waals surface area (Å²) in [6.07, 6.45) is -0.728. The van der Waals surface area contributed by atoms with Crippen LogP contribution in [0.2, 0.25) is 0 Å². The SMILES string of the molecule is Cc1cncc(-n2ncc(N)c2C(F)(F)F)c1. The first kappa shape index (κ1) is 11.4. The molecular weight excluding hydrogens is 233 g/mol. The summed E-state index contributed by atoms with van der Waals surface area (Å²) in [5, 5.41) is 3.63. The number of nitrogen functional groups attached to an aromatic ring is 1. The largest absolute Gasteiger partial charge is 0.435 e. The number of hydrogen-bond acceptors (Lipinski definition) is 3. The van der Waals surface area contributed by atoms with Gasteiger partial charge >= 0.3 is 6.18 Å². The van der Waals surface area contributed by atoms with Crippen LogP contribution in [0.3, 0.4) is 0 Å². The molecule has 0 atom stereocenters. The van der Waals surface area contributed by atoms with Crippen molar-refractivity contribution in [3.63, 3.8) is 0 Å². The van der Waals surface area contributed by atoms with E-state index in [1.54, 1.807) is 19.2 Å². The standard InChI is InChI=1S/C10H9F3N4/c1-6-2-7(4-15-3-6)17-9(10(11,12)13)8(14)5-16-17/h2-5H,14H2,1H3. The van der Waals surface area contributed by atoms with E-state index >= 15 is 0 Å². The van der Waals surface area contributed by atoms with Crippen molar-refractivity contribution in [1.82, 2.24) is 14.8 Å². The number of rotatable bonds is 1. The van der Waals surface area contributed by atoms with Crippen molar-refractivity contribution in [2.24, 2.45) is 0 Å². The van der Waals surface area contributed by atoms with Gasteiger partial charge in [-0.2, -0.15) is 18.3 Å². The van der Waals surface area contributed by atoms with Gasteiger partial charge in [-0.25, -0.2) is 4.68 Å². The molecule has 2 heterocycles. The monoisotopic (exact) mass is 242 g/mol. The predicted octanol–water partition coefficient (Wildman–Crippen LogP) is 2.18. The van der Waals surface area contributed by atoms with Crippen molar-refractivity contribution in [3.05, 3.63) is 35.9 Å². The summed E-state index contributed by atoms with van der Waals surface area (Å²) in [5.41, 5.74) is 4.86. The van der Waals surface area contributed by atoms with E-state index in [4.69, 9.17) is 5.73 Å². The van der Waals surface area contributed by atoms with Crippen LogP contribution in [0.15, 0.2) is 24.7 Å². The molecule has 0 saturated carbocycles. The van der Waals surface area contributed by atoms with Gasteiger partial charge in [0.05, 0.1) is 23.8 Å². The lowest BCUT2D eigenvalue weighted by molar-refractivity contribution is -0.142. The maximum atomic E-state index is 12.8. The van der Waals surface area contributed by atoms with Gasteiger partial charge in [0.15, 0.2) is 5.69 Å². The van der Waals surface area contributed by atoms with Crippen molar-refractivity contribution in [1.29, 1.82) is 0 Å². The van der Waals surface area contributed by atoms with Crippen LogP contribution in [-0.4, -0.2) is 14.8 Å². The third-order valence-corrected chi connectivity index (χ3v) is 2.17. The topological polar surface area (TPSA) is 56.7 Å². The van der Waals surface area contributed by atoms with Gasteiger partial charge in [0, 0.05) is 6.20 Å². The molecule has 2 N–H and O–H groups in total. The number of hydrogen-bond donors (Lipinski definition) is 1. The van der Waals surface area contributed by atoms with E-state index in [1.165, 1.54) is 6.20 Å². The molecule has 0 amide bonds. The molecule has 90 valence electrons. The van der Waals surface area contributed by atoms with E-state index in [0.29, 0.717) is 0 Å². The van der Waals surface area contributed by atoms with Crippen molar-refractivity contribution in [3.8, 4) is 5.69 Å². The van der Waals surface area contributed by atoms with E-state index < -0.39 is 17.6 Å². The first-order valence-electron chi connectivity index (χ1n) is 4.72. The van der Waals surface area contributed by atoms with E-state index in [1.807, 2.05) is 0 Å². The fraction of sp³-hybridized carbons (Fsp3) is 0.200. The molecule has 7 heteroatoms. The molecule has 0 radical (unpaired) electrons. The number of anilines is 1. The van der Waals surface area contributed by atoms with Gasteiger partial charge in [-0.3, -0.25) is 4.98 Å². The minimum absolute atomic E-state index is 0.231. The van der Waals surface area contributed by atoms with Crippen LogP contribution in [0.25, 0.3) is 5.69 Å². The highest BCUT2D eigenvalue weighted by atomic mass is 19.4. The zero-order chi connectivity index (χ0) is 12.6. The molecule has 4 nitrogen and oxygen atoms in total. The van der Waals surface area contributed by atoms with E-state index in [-0.39, 0.29) is 5.69 Å². The maximum Gasteiger partial charge on any atom is 0.435 e. The van der Waals surface area contributed by atoms with Crippen LogP contribution in [-0.2, 0) is 6.18 Å². The number of halogens is 3. The molecule has 17 heavy (non-hydrogen) atoms. The summed E-state index contributed by atoms with van der Waals surface area (Å²) < 4.78 is 39.0. The van der Waals surface area contributed by atoms with E-state index in [2.05, 4.69) is 10.1 Å². The average molecular weight is 242 g/mol. The Morgan fingerprint density at radius 1 is 1.24 bits per heavy atom. The lowest BCUT2D eigenvalue weighted by Crippen LogP contribution is -2.15. The van der Waals surface area contributed by atoms with Crippen LogP contribution >= 0.6 is 0 Å². The number of pyridine rings is 1. The number of aryl methyl sites for hydroxylation is 1. The Morgan fingerprint density at radius 3 is 2.53 bits per heavy atom. The van der Waals surface area contributed by atoms with E-state index in [0.717, 1.165) is 16.4 Å². The molecule has 0 saturated heterocycles. The molecule has 0 aliphatic rings. The molecular formula is C10H9F3N4. The highest BCUT2D eigenvalue weighted by Crippen LogP contribution is 2.34. The van der Waals surface area contributed by atoms with Crippen LogP contribution < -0.4 is 5.73 Å². The molecule has 0 unspecified atom stereocenters. The molecule has 2 rings (SSSR count). The van der Waals surface area contributed by atoms with Crippen LogP contribution in [0, 0.1) is 6.92 Å². The van der Waals surface area contributed by atoms with E-state index in [9.17, 15) is 13.2 Å². The van der Waals surface area contributed by atoms with Crippen molar-refractivity contribution in [2.75, 3.05) is 5.73 Å². The van der Waals surface area contributed by atoms with Gasteiger partial charge < -0.3 is 5.73 Å². The Balaban J connectivity index is 2.61. The first-order chi connectivity index (χ1) is 7.89.